The molecule has 6 heteroatoms. The van der Waals surface area contributed by atoms with Gasteiger partial charge in [0.15, 0.2) is 0 Å². The molecule has 2 heterocycles. The van der Waals surface area contributed by atoms with Gasteiger partial charge >= 0.3 is 0 Å². The smallest absolute Gasteiger partial charge is 0.119 e. The lowest BCUT2D eigenvalue weighted by atomic mass is 10.2. The zero-order valence-corrected chi connectivity index (χ0v) is 13.5. The molecule has 3 rings (SSSR count). The first-order valence-electron chi connectivity index (χ1n) is 6.61. The molecule has 21 heavy (non-hydrogen) atoms. The molecule has 3 aromatic rings. The second-order valence-corrected chi connectivity index (χ2v) is 5.97. The molecule has 0 fully saturated rings. The van der Waals surface area contributed by atoms with Crippen LogP contribution in [0, 0.1) is 6.92 Å². The molecule has 0 spiro atoms. The number of rotatable bonds is 3. The molecule has 108 valence electrons. The maximum absolute atomic E-state index is 6.10. The van der Waals surface area contributed by atoms with E-state index in [2.05, 4.69) is 38.3 Å². The van der Waals surface area contributed by atoms with E-state index in [1.54, 1.807) is 4.68 Å². The van der Waals surface area contributed by atoms with Crippen molar-refractivity contribution < 1.29 is 0 Å². The van der Waals surface area contributed by atoms with E-state index in [-0.39, 0.29) is 0 Å². The molecule has 0 saturated heterocycles. The van der Waals surface area contributed by atoms with Gasteiger partial charge in [-0.15, -0.1) is 0 Å². The number of anilines is 1. The largest absolute Gasteiger partial charge is 0.396 e. The van der Waals surface area contributed by atoms with Crippen molar-refractivity contribution in [3.05, 3.63) is 52.4 Å². The van der Waals surface area contributed by atoms with Gasteiger partial charge in [0.25, 0.3) is 0 Å². The summed E-state index contributed by atoms with van der Waals surface area (Å²) in [4.78, 5) is 0. The van der Waals surface area contributed by atoms with Crippen molar-refractivity contribution in [2.45, 2.75) is 13.5 Å². The number of nitrogens with two attached hydrogens (primary N) is 1. The highest BCUT2D eigenvalue weighted by molar-refractivity contribution is 9.10. The monoisotopic (exact) mass is 345 g/mol. The zero-order chi connectivity index (χ0) is 15.0. The number of aryl methyl sites for hydroxylation is 2. The van der Waals surface area contributed by atoms with Gasteiger partial charge in [0.05, 0.1) is 17.9 Å². The normalized spacial score (nSPS) is 11.0. The lowest BCUT2D eigenvalue weighted by molar-refractivity contribution is 0.689. The van der Waals surface area contributed by atoms with Crippen LogP contribution in [0.2, 0.25) is 0 Å². The lowest BCUT2D eigenvalue weighted by Gasteiger charge is -2.01. The first kappa shape index (κ1) is 13.9. The van der Waals surface area contributed by atoms with Gasteiger partial charge in [0, 0.05) is 29.5 Å². The SMILES string of the molecule is Cc1nn(C)cc1-c1nn(Cc2ccc(Br)cc2)cc1N. The molecule has 0 saturated carbocycles. The number of hydrogen-bond acceptors (Lipinski definition) is 3. The maximum Gasteiger partial charge on any atom is 0.119 e. The van der Waals surface area contributed by atoms with Crippen LogP contribution < -0.4 is 5.73 Å². The van der Waals surface area contributed by atoms with Crippen molar-refractivity contribution >= 4 is 21.6 Å². The minimum Gasteiger partial charge on any atom is -0.396 e. The summed E-state index contributed by atoms with van der Waals surface area (Å²) in [6.45, 7) is 2.65. The summed E-state index contributed by atoms with van der Waals surface area (Å²) in [5.74, 6) is 0. The van der Waals surface area contributed by atoms with Gasteiger partial charge in [-0.25, -0.2) is 0 Å². The van der Waals surface area contributed by atoms with Crippen LogP contribution in [0.3, 0.4) is 0 Å². The predicted octanol–water partition coefficient (Wildman–Crippen LogP) is 2.99. The van der Waals surface area contributed by atoms with E-state index in [9.17, 15) is 0 Å². The van der Waals surface area contributed by atoms with Crippen molar-refractivity contribution in [3.8, 4) is 11.3 Å². The third-order valence-electron chi connectivity index (χ3n) is 3.32. The van der Waals surface area contributed by atoms with Gasteiger partial charge < -0.3 is 5.73 Å². The van der Waals surface area contributed by atoms with Gasteiger partial charge in [0.2, 0.25) is 0 Å². The number of aromatic nitrogens is 4. The molecule has 5 nitrogen and oxygen atoms in total. The van der Waals surface area contributed by atoms with Crippen LogP contribution in [0.25, 0.3) is 11.3 Å². The number of nitrogens with zero attached hydrogens (tertiary/aromatic N) is 4. The predicted molar refractivity (Wildman–Crippen MR) is 86.8 cm³/mol. The van der Waals surface area contributed by atoms with Crippen LogP contribution in [0.1, 0.15) is 11.3 Å². The number of hydrogen-bond donors (Lipinski definition) is 1. The Bertz CT molecular complexity index is 770. The molecular formula is C15H16BrN5. The summed E-state index contributed by atoms with van der Waals surface area (Å²) in [6.07, 6.45) is 3.81. The Kier molecular flexibility index (Phi) is 3.55. The van der Waals surface area contributed by atoms with Crippen LogP contribution in [-0.2, 0) is 13.6 Å². The number of halogens is 1. The topological polar surface area (TPSA) is 61.7 Å². The highest BCUT2D eigenvalue weighted by Gasteiger charge is 2.13. The van der Waals surface area contributed by atoms with Crippen LogP contribution in [0.5, 0.6) is 0 Å². The van der Waals surface area contributed by atoms with Crippen molar-refractivity contribution in [3.63, 3.8) is 0 Å². The third kappa shape index (κ3) is 2.85. The van der Waals surface area contributed by atoms with E-state index in [4.69, 9.17) is 5.73 Å². The van der Waals surface area contributed by atoms with Crippen LogP contribution in [-0.4, -0.2) is 19.6 Å². The first-order valence-corrected chi connectivity index (χ1v) is 7.40. The fraction of sp³-hybridized carbons (Fsp3) is 0.200. The van der Waals surface area contributed by atoms with Crippen molar-refractivity contribution in [1.82, 2.24) is 19.6 Å². The molecule has 0 aliphatic rings. The summed E-state index contributed by atoms with van der Waals surface area (Å²) >= 11 is 3.44. The average molecular weight is 346 g/mol. The standard InChI is InChI=1S/C15H16BrN5/c1-10-13(8-20(2)18-10)15-14(17)9-21(19-15)7-11-3-5-12(16)6-4-11/h3-6,8-9H,7,17H2,1-2H3. The Morgan fingerprint density at radius 2 is 1.86 bits per heavy atom. The Balaban J connectivity index is 1.91. The minimum atomic E-state index is 0.670. The molecule has 0 bridgehead atoms. The summed E-state index contributed by atoms with van der Waals surface area (Å²) in [7, 11) is 1.89. The first-order chi connectivity index (χ1) is 10.0. The molecule has 0 aliphatic carbocycles. The fourth-order valence-corrected chi connectivity index (χ4v) is 2.60. The molecule has 2 aromatic heterocycles. The fourth-order valence-electron chi connectivity index (χ4n) is 2.34. The van der Waals surface area contributed by atoms with Gasteiger partial charge in [-0.3, -0.25) is 9.36 Å². The molecular weight excluding hydrogens is 330 g/mol. The zero-order valence-electron chi connectivity index (χ0n) is 11.9. The Morgan fingerprint density at radius 1 is 1.14 bits per heavy atom. The molecule has 1 aromatic carbocycles. The van der Waals surface area contributed by atoms with E-state index < -0.39 is 0 Å². The van der Waals surface area contributed by atoms with Crippen LogP contribution in [0.15, 0.2) is 41.1 Å². The van der Waals surface area contributed by atoms with Crippen molar-refractivity contribution in [1.29, 1.82) is 0 Å². The van der Waals surface area contributed by atoms with Crippen molar-refractivity contribution in [2.24, 2.45) is 7.05 Å². The molecule has 2 N–H and O–H groups in total. The number of benzene rings is 1. The highest BCUT2D eigenvalue weighted by Crippen LogP contribution is 2.26. The molecule has 0 amide bonds. The summed E-state index contributed by atoms with van der Waals surface area (Å²) in [5, 5.41) is 8.94. The summed E-state index contributed by atoms with van der Waals surface area (Å²) in [6, 6.07) is 8.18. The van der Waals surface area contributed by atoms with Crippen LogP contribution >= 0.6 is 15.9 Å². The summed E-state index contributed by atoms with van der Waals surface area (Å²) in [5.41, 5.74) is 10.6. The van der Waals surface area contributed by atoms with Crippen molar-refractivity contribution in [2.75, 3.05) is 5.73 Å². The van der Waals surface area contributed by atoms with E-state index in [0.29, 0.717) is 12.2 Å². The lowest BCUT2D eigenvalue weighted by Crippen LogP contribution is -2.00. The Labute approximate surface area is 131 Å². The van der Waals surface area contributed by atoms with Gasteiger partial charge in [-0.05, 0) is 24.6 Å². The summed E-state index contributed by atoms with van der Waals surface area (Å²) < 4.78 is 4.70. The third-order valence-corrected chi connectivity index (χ3v) is 3.85. The molecule has 0 radical (unpaired) electrons. The average Bonchev–Trinajstić information content (AvgIpc) is 2.95. The van der Waals surface area contributed by atoms with Crippen LogP contribution in [0.4, 0.5) is 5.69 Å². The van der Waals surface area contributed by atoms with Gasteiger partial charge in [-0.2, -0.15) is 10.2 Å². The van der Waals surface area contributed by atoms with Gasteiger partial charge in [0.1, 0.15) is 5.69 Å². The highest BCUT2D eigenvalue weighted by atomic mass is 79.9. The second kappa shape index (κ2) is 5.37. The van der Waals surface area contributed by atoms with E-state index in [1.165, 1.54) is 5.56 Å². The Hall–Kier alpha value is -2.08. The van der Waals surface area contributed by atoms with Gasteiger partial charge in [-0.1, -0.05) is 28.1 Å². The van der Waals surface area contributed by atoms with E-state index in [0.717, 1.165) is 21.4 Å². The minimum absolute atomic E-state index is 0.670. The quantitative estimate of drug-likeness (QED) is 0.793. The van der Waals surface area contributed by atoms with E-state index >= 15 is 0 Å². The molecule has 0 atom stereocenters. The second-order valence-electron chi connectivity index (χ2n) is 5.06. The number of nitrogen functional groups attached to an aromatic ring is 1. The maximum atomic E-state index is 6.10. The molecule has 0 unspecified atom stereocenters. The van der Waals surface area contributed by atoms with E-state index in [1.807, 2.05) is 43.2 Å². The Morgan fingerprint density at radius 3 is 2.48 bits per heavy atom. The molecule has 0 aliphatic heterocycles.